The Bertz CT molecular complexity index is 1130. The van der Waals surface area contributed by atoms with Gasteiger partial charge < -0.3 is 10.6 Å². The van der Waals surface area contributed by atoms with Gasteiger partial charge in [-0.3, -0.25) is 19.3 Å². The fraction of sp³-hybridized carbons (Fsp3) is 0.421. The number of aromatic nitrogens is 7. The van der Waals surface area contributed by atoms with Crippen molar-refractivity contribution in [1.29, 1.82) is 0 Å². The maximum absolute atomic E-state index is 14.3. The predicted molar refractivity (Wildman–Crippen MR) is 108 cm³/mol. The van der Waals surface area contributed by atoms with Crippen LogP contribution in [-0.2, 0) is 25.8 Å². The fourth-order valence-corrected chi connectivity index (χ4v) is 2.83. The van der Waals surface area contributed by atoms with E-state index in [2.05, 4.69) is 36.2 Å². The number of hydrogen-bond donors (Lipinski definition) is 2. The van der Waals surface area contributed by atoms with Crippen molar-refractivity contribution < 1.29 is 27.2 Å². The van der Waals surface area contributed by atoms with E-state index < -0.39 is 23.8 Å². The molecule has 3 aromatic heterocycles. The van der Waals surface area contributed by atoms with Crippen molar-refractivity contribution in [3.05, 3.63) is 53.4 Å². The minimum Gasteiger partial charge on any atom is -0.351 e. The third kappa shape index (κ3) is 6.79. The molecular formula is C19H21F4N9O2. The first-order valence-corrected chi connectivity index (χ1v) is 10.2. The van der Waals surface area contributed by atoms with Gasteiger partial charge in [-0.1, -0.05) is 10.4 Å². The van der Waals surface area contributed by atoms with Gasteiger partial charge in [0, 0.05) is 25.7 Å². The minimum atomic E-state index is -4.52. The number of nitrogens with one attached hydrogen (secondary N) is 2. The Morgan fingerprint density at radius 3 is 2.38 bits per heavy atom. The van der Waals surface area contributed by atoms with Crippen molar-refractivity contribution in [3.63, 3.8) is 0 Å². The summed E-state index contributed by atoms with van der Waals surface area (Å²) in [5.41, 5.74) is -0.854. The first kappa shape index (κ1) is 24.7. The van der Waals surface area contributed by atoms with Gasteiger partial charge in [-0.25, -0.2) is 9.07 Å². The van der Waals surface area contributed by atoms with Crippen LogP contribution in [0.1, 0.15) is 45.6 Å². The van der Waals surface area contributed by atoms with Crippen molar-refractivity contribution in [2.75, 3.05) is 6.54 Å². The molecule has 0 aliphatic carbocycles. The van der Waals surface area contributed by atoms with Crippen molar-refractivity contribution in [2.45, 2.75) is 45.3 Å². The number of carbonyl (C=O) groups excluding carboxylic acids is 2. The van der Waals surface area contributed by atoms with Gasteiger partial charge in [-0.2, -0.15) is 13.2 Å². The van der Waals surface area contributed by atoms with Crippen LogP contribution in [-0.4, -0.2) is 59.5 Å². The van der Waals surface area contributed by atoms with Crippen LogP contribution in [0.25, 0.3) is 0 Å². The van der Waals surface area contributed by atoms with E-state index in [1.165, 1.54) is 17.1 Å². The van der Waals surface area contributed by atoms with Crippen LogP contribution in [0, 0.1) is 0 Å². The first-order valence-electron chi connectivity index (χ1n) is 10.2. The number of amides is 2. The van der Waals surface area contributed by atoms with E-state index in [0.29, 0.717) is 6.54 Å². The number of aryl methyl sites for hydroxylation is 1. The Morgan fingerprint density at radius 1 is 1.06 bits per heavy atom. The predicted octanol–water partition coefficient (Wildman–Crippen LogP) is 1.39. The zero-order valence-electron chi connectivity index (χ0n) is 18.0. The molecule has 0 fully saturated rings. The van der Waals surface area contributed by atoms with E-state index in [1.54, 1.807) is 6.92 Å². The van der Waals surface area contributed by atoms with E-state index in [9.17, 15) is 27.2 Å². The van der Waals surface area contributed by atoms with Gasteiger partial charge in [0.25, 0.3) is 11.8 Å². The summed E-state index contributed by atoms with van der Waals surface area (Å²) >= 11 is 0. The minimum absolute atomic E-state index is 0.0165. The molecule has 34 heavy (non-hydrogen) atoms. The molecule has 3 heterocycles. The molecule has 1 atom stereocenters. The number of nitrogens with zero attached hydrogens (tertiary/aromatic N) is 7. The highest BCUT2D eigenvalue weighted by Crippen LogP contribution is 2.28. The van der Waals surface area contributed by atoms with E-state index in [-0.39, 0.29) is 49.0 Å². The standard InChI is InChI=1S/C19H21F4N9O2/c1-2-24-17(33)15-10-31(29-27-15)6-4-13(20)9-32-11-16(28-30-32)18(34)26-8-14-7-12(3-5-25-14)19(21,22)23/h3,5,7,10-11,13H,2,4,6,8-9H2,1H3,(H,24,33)(H,26,34). The van der Waals surface area contributed by atoms with Gasteiger partial charge in [0.05, 0.1) is 36.7 Å². The molecule has 0 bridgehead atoms. The quantitative estimate of drug-likeness (QED) is 0.417. The highest BCUT2D eigenvalue weighted by molar-refractivity contribution is 5.92. The lowest BCUT2D eigenvalue weighted by Gasteiger charge is -2.08. The molecule has 2 amide bonds. The summed E-state index contributed by atoms with van der Waals surface area (Å²) in [5, 5.41) is 19.8. The molecule has 15 heteroatoms. The number of pyridine rings is 1. The van der Waals surface area contributed by atoms with Crippen LogP contribution >= 0.6 is 0 Å². The summed E-state index contributed by atoms with van der Waals surface area (Å²) in [4.78, 5) is 27.7. The van der Waals surface area contributed by atoms with E-state index >= 15 is 0 Å². The summed E-state index contributed by atoms with van der Waals surface area (Å²) in [6.45, 7) is 1.94. The normalized spacial score (nSPS) is 12.4. The largest absolute Gasteiger partial charge is 0.416 e. The molecule has 0 spiro atoms. The number of carbonyl (C=O) groups is 2. The zero-order valence-corrected chi connectivity index (χ0v) is 18.0. The van der Waals surface area contributed by atoms with Crippen molar-refractivity contribution in [3.8, 4) is 0 Å². The summed E-state index contributed by atoms with van der Waals surface area (Å²) in [7, 11) is 0. The van der Waals surface area contributed by atoms with Gasteiger partial charge >= 0.3 is 6.18 Å². The van der Waals surface area contributed by atoms with Gasteiger partial charge in [-0.15, -0.1) is 10.2 Å². The van der Waals surface area contributed by atoms with E-state index in [1.807, 2.05) is 0 Å². The second-order valence-corrected chi connectivity index (χ2v) is 7.15. The average molecular weight is 483 g/mol. The van der Waals surface area contributed by atoms with Gasteiger partial charge in [0.1, 0.15) is 6.17 Å². The summed E-state index contributed by atoms with van der Waals surface area (Å²) < 4.78 is 55.1. The number of halogens is 4. The van der Waals surface area contributed by atoms with Crippen LogP contribution in [0.2, 0.25) is 0 Å². The van der Waals surface area contributed by atoms with Gasteiger partial charge in [0.15, 0.2) is 11.4 Å². The Balaban J connectivity index is 1.47. The van der Waals surface area contributed by atoms with Crippen molar-refractivity contribution >= 4 is 11.8 Å². The topological polar surface area (TPSA) is 133 Å². The molecule has 182 valence electrons. The van der Waals surface area contributed by atoms with Gasteiger partial charge in [-0.05, 0) is 19.1 Å². The maximum atomic E-state index is 14.3. The van der Waals surface area contributed by atoms with E-state index in [4.69, 9.17) is 0 Å². The number of alkyl halides is 4. The molecule has 11 nitrogen and oxygen atoms in total. The Hall–Kier alpha value is -3.91. The lowest BCUT2D eigenvalue weighted by atomic mass is 10.2. The monoisotopic (exact) mass is 483 g/mol. The van der Waals surface area contributed by atoms with Crippen LogP contribution in [0.3, 0.4) is 0 Å². The highest BCUT2D eigenvalue weighted by Gasteiger charge is 2.30. The van der Waals surface area contributed by atoms with Gasteiger partial charge in [0.2, 0.25) is 0 Å². The lowest BCUT2D eigenvalue weighted by Crippen LogP contribution is -2.24. The van der Waals surface area contributed by atoms with Crippen molar-refractivity contribution in [1.82, 2.24) is 45.6 Å². The smallest absolute Gasteiger partial charge is 0.351 e. The number of hydrogen-bond acceptors (Lipinski definition) is 7. The molecular weight excluding hydrogens is 462 g/mol. The molecule has 0 radical (unpaired) electrons. The van der Waals surface area contributed by atoms with Crippen molar-refractivity contribution in [2.24, 2.45) is 0 Å². The maximum Gasteiger partial charge on any atom is 0.416 e. The third-order valence-electron chi connectivity index (χ3n) is 4.51. The Morgan fingerprint density at radius 2 is 1.71 bits per heavy atom. The molecule has 2 N–H and O–H groups in total. The Labute approximate surface area is 190 Å². The molecule has 1 unspecified atom stereocenters. The fourth-order valence-electron chi connectivity index (χ4n) is 2.83. The van der Waals surface area contributed by atoms with Crippen LogP contribution in [0.4, 0.5) is 17.6 Å². The summed E-state index contributed by atoms with van der Waals surface area (Å²) in [6.07, 6.45) is -2.20. The third-order valence-corrected chi connectivity index (χ3v) is 4.51. The lowest BCUT2D eigenvalue weighted by molar-refractivity contribution is -0.137. The van der Waals surface area contributed by atoms with Crippen LogP contribution in [0.15, 0.2) is 30.7 Å². The van der Waals surface area contributed by atoms with Crippen LogP contribution in [0.5, 0.6) is 0 Å². The zero-order chi connectivity index (χ0) is 24.7. The molecule has 0 saturated carbocycles. The molecule has 3 rings (SSSR count). The highest BCUT2D eigenvalue weighted by atomic mass is 19.4. The second kappa shape index (κ2) is 10.8. The van der Waals surface area contributed by atoms with E-state index in [0.717, 1.165) is 23.0 Å². The van der Waals surface area contributed by atoms with Crippen LogP contribution < -0.4 is 10.6 Å². The Kier molecular flexibility index (Phi) is 7.86. The second-order valence-electron chi connectivity index (χ2n) is 7.15. The molecule has 3 aromatic rings. The molecule has 0 aromatic carbocycles. The summed E-state index contributed by atoms with van der Waals surface area (Å²) in [6, 6.07) is 1.66. The summed E-state index contributed by atoms with van der Waals surface area (Å²) in [5.74, 6) is -1.07. The molecule has 0 aliphatic heterocycles. The SMILES string of the molecule is CCNC(=O)c1cn(CCC(F)Cn2cc(C(=O)NCc3cc(C(F)(F)F)ccn3)nn2)nn1. The molecule has 0 saturated heterocycles. The first-order chi connectivity index (χ1) is 16.2. The average Bonchev–Trinajstić information content (AvgIpc) is 3.46. The number of rotatable bonds is 10. The molecule has 0 aliphatic rings.